The Kier molecular flexibility index (Phi) is 4.90. The van der Waals surface area contributed by atoms with Crippen LogP contribution in [0.15, 0.2) is 47.4 Å². The Hall–Kier alpha value is -1.53. The molecule has 112 valence electrons. The normalized spacial score (nSPS) is 11.2. The molecule has 0 saturated heterocycles. The van der Waals surface area contributed by atoms with Gasteiger partial charge < -0.3 is 4.74 Å². The molecule has 0 radical (unpaired) electrons. The predicted molar refractivity (Wildman–Crippen MR) is 87.6 cm³/mol. The largest absolute Gasteiger partial charge is 0.495 e. The van der Waals surface area contributed by atoms with E-state index in [2.05, 4.69) is 20.7 Å². The molecule has 0 amide bonds. The second kappa shape index (κ2) is 6.49. The van der Waals surface area contributed by atoms with E-state index in [1.165, 1.54) is 7.11 Å². The van der Waals surface area contributed by atoms with E-state index in [4.69, 9.17) is 4.74 Å². The number of hydrogen-bond donors (Lipinski definition) is 1. The van der Waals surface area contributed by atoms with Gasteiger partial charge in [-0.05, 0) is 42.3 Å². The smallest absolute Gasteiger partial charge is 0.262 e. The van der Waals surface area contributed by atoms with E-state index in [0.29, 0.717) is 16.8 Å². The number of benzene rings is 2. The number of ether oxygens (including phenoxy) is 1. The summed E-state index contributed by atoms with van der Waals surface area (Å²) in [5.74, 6) is 0.487. The fourth-order valence-corrected chi connectivity index (χ4v) is 3.30. The van der Waals surface area contributed by atoms with Crippen molar-refractivity contribution in [3.8, 4) is 5.75 Å². The van der Waals surface area contributed by atoms with Crippen molar-refractivity contribution in [2.75, 3.05) is 11.8 Å². The third-order valence-electron chi connectivity index (χ3n) is 2.99. The summed E-state index contributed by atoms with van der Waals surface area (Å²) in [6.45, 7) is 1.89. The molecular formula is C15H16BrNO3S. The molecule has 0 saturated carbocycles. The third-order valence-corrected chi connectivity index (χ3v) is 5.02. The van der Waals surface area contributed by atoms with Crippen LogP contribution in [0.4, 0.5) is 5.69 Å². The van der Waals surface area contributed by atoms with Crippen LogP contribution in [0.25, 0.3) is 0 Å². The molecule has 0 unspecified atom stereocenters. The quantitative estimate of drug-likeness (QED) is 0.817. The van der Waals surface area contributed by atoms with Gasteiger partial charge in [-0.3, -0.25) is 4.72 Å². The van der Waals surface area contributed by atoms with Crippen molar-refractivity contribution in [3.63, 3.8) is 0 Å². The average Bonchev–Trinajstić information content (AvgIpc) is 2.47. The number of methoxy groups -OCH3 is 1. The summed E-state index contributed by atoms with van der Waals surface area (Å²) in [4.78, 5) is 0.218. The lowest BCUT2D eigenvalue weighted by atomic mass is 10.2. The Morgan fingerprint density at radius 3 is 2.38 bits per heavy atom. The van der Waals surface area contributed by atoms with Gasteiger partial charge in [0.1, 0.15) is 5.75 Å². The summed E-state index contributed by atoms with van der Waals surface area (Å²) in [6, 6.07) is 12.1. The third kappa shape index (κ3) is 3.77. The van der Waals surface area contributed by atoms with Gasteiger partial charge >= 0.3 is 0 Å². The number of rotatable bonds is 5. The van der Waals surface area contributed by atoms with Gasteiger partial charge in [0, 0.05) is 5.33 Å². The van der Waals surface area contributed by atoms with E-state index in [-0.39, 0.29) is 4.90 Å². The SMILES string of the molecule is COc1ccc(C)cc1NS(=O)(=O)c1ccc(CBr)cc1. The molecule has 0 atom stereocenters. The zero-order valence-corrected chi connectivity index (χ0v) is 14.2. The van der Waals surface area contributed by atoms with E-state index in [1.54, 1.807) is 36.4 Å². The van der Waals surface area contributed by atoms with Gasteiger partial charge in [-0.2, -0.15) is 0 Å². The Morgan fingerprint density at radius 1 is 1.14 bits per heavy atom. The molecule has 0 heterocycles. The molecule has 2 aromatic rings. The van der Waals surface area contributed by atoms with Gasteiger partial charge in [0.05, 0.1) is 17.7 Å². The van der Waals surface area contributed by atoms with Crippen molar-refractivity contribution in [1.29, 1.82) is 0 Å². The Balaban J connectivity index is 2.34. The molecule has 2 aromatic carbocycles. The number of hydrogen-bond acceptors (Lipinski definition) is 3. The van der Waals surface area contributed by atoms with Crippen LogP contribution in [0.5, 0.6) is 5.75 Å². The zero-order valence-electron chi connectivity index (χ0n) is 11.8. The van der Waals surface area contributed by atoms with Gasteiger partial charge in [0.25, 0.3) is 10.0 Å². The lowest BCUT2D eigenvalue weighted by molar-refractivity contribution is 0.417. The van der Waals surface area contributed by atoms with Gasteiger partial charge in [-0.25, -0.2) is 8.42 Å². The monoisotopic (exact) mass is 369 g/mol. The molecule has 0 aliphatic rings. The predicted octanol–water partition coefficient (Wildman–Crippen LogP) is 3.70. The highest BCUT2D eigenvalue weighted by atomic mass is 79.9. The first-order chi connectivity index (χ1) is 9.96. The fourth-order valence-electron chi connectivity index (χ4n) is 1.86. The number of sulfonamides is 1. The molecule has 2 rings (SSSR count). The number of nitrogens with one attached hydrogen (secondary N) is 1. The lowest BCUT2D eigenvalue weighted by Gasteiger charge is -2.12. The average molecular weight is 370 g/mol. The van der Waals surface area contributed by atoms with Crippen LogP contribution < -0.4 is 9.46 Å². The minimum absolute atomic E-state index is 0.218. The van der Waals surface area contributed by atoms with Crippen molar-refractivity contribution in [2.24, 2.45) is 0 Å². The first-order valence-electron chi connectivity index (χ1n) is 6.28. The second-order valence-corrected chi connectivity index (χ2v) is 6.83. The van der Waals surface area contributed by atoms with E-state index in [9.17, 15) is 8.42 Å². The van der Waals surface area contributed by atoms with Crippen molar-refractivity contribution in [1.82, 2.24) is 0 Å². The van der Waals surface area contributed by atoms with Gasteiger partial charge in [0.15, 0.2) is 0 Å². The van der Waals surface area contributed by atoms with Crippen molar-refractivity contribution < 1.29 is 13.2 Å². The summed E-state index contributed by atoms with van der Waals surface area (Å²) in [5.41, 5.74) is 2.40. The maximum Gasteiger partial charge on any atom is 0.262 e. The highest BCUT2D eigenvalue weighted by Gasteiger charge is 2.16. The summed E-state index contributed by atoms with van der Waals surface area (Å²) in [5, 5.41) is 0.687. The Bertz CT molecular complexity index is 727. The minimum Gasteiger partial charge on any atom is -0.495 e. The molecule has 6 heteroatoms. The molecule has 0 bridgehead atoms. The number of anilines is 1. The van der Waals surface area contributed by atoms with Gasteiger partial charge in [-0.1, -0.05) is 34.1 Å². The second-order valence-electron chi connectivity index (χ2n) is 4.59. The van der Waals surface area contributed by atoms with Crippen LogP contribution in [-0.2, 0) is 15.4 Å². The van der Waals surface area contributed by atoms with E-state index >= 15 is 0 Å². The first kappa shape index (κ1) is 15.9. The van der Waals surface area contributed by atoms with Crippen LogP contribution in [0.2, 0.25) is 0 Å². The summed E-state index contributed by atoms with van der Waals surface area (Å²) in [6.07, 6.45) is 0. The minimum atomic E-state index is -3.63. The van der Waals surface area contributed by atoms with Gasteiger partial charge in [-0.15, -0.1) is 0 Å². The molecular weight excluding hydrogens is 354 g/mol. The number of aryl methyl sites for hydroxylation is 1. The molecule has 0 spiro atoms. The lowest BCUT2D eigenvalue weighted by Crippen LogP contribution is -2.13. The highest BCUT2D eigenvalue weighted by molar-refractivity contribution is 9.08. The van der Waals surface area contributed by atoms with E-state index < -0.39 is 10.0 Å². The highest BCUT2D eigenvalue weighted by Crippen LogP contribution is 2.27. The Morgan fingerprint density at radius 2 is 1.81 bits per heavy atom. The molecule has 4 nitrogen and oxygen atoms in total. The van der Waals surface area contributed by atoms with E-state index in [0.717, 1.165) is 11.1 Å². The number of halogens is 1. The van der Waals surface area contributed by atoms with Gasteiger partial charge in [0.2, 0.25) is 0 Å². The maximum atomic E-state index is 12.4. The maximum absolute atomic E-state index is 12.4. The summed E-state index contributed by atoms with van der Waals surface area (Å²) in [7, 11) is -2.13. The van der Waals surface area contributed by atoms with Crippen LogP contribution in [0.1, 0.15) is 11.1 Å². The molecule has 1 N–H and O–H groups in total. The van der Waals surface area contributed by atoms with Crippen LogP contribution >= 0.6 is 15.9 Å². The van der Waals surface area contributed by atoms with E-state index in [1.807, 2.05) is 13.0 Å². The molecule has 0 aromatic heterocycles. The molecule has 21 heavy (non-hydrogen) atoms. The standard InChI is InChI=1S/C15H16BrNO3S/c1-11-3-8-15(20-2)14(9-11)17-21(18,19)13-6-4-12(10-16)5-7-13/h3-9,17H,10H2,1-2H3. The fraction of sp³-hybridized carbons (Fsp3) is 0.200. The zero-order chi connectivity index (χ0) is 15.5. The van der Waals surface area contributed by atoms with Crippen LogP contribution in [0.3, 0.4) is 0 Å². The van der Waals surface area contributed by atoms with Crippen molar-refractivity contribution >= 4 is 31.6 Å². The first-order valence-corrected chi connectivity index (χ1v) is 8.89. The van der Waals surface area contributed by atoms with Crippen LogP contribution in [0, 0.1) is 6.92 Å². The van der Waals surface area contributed by atoms with Crippen LogP contribution in [-0.4, -0.2) is 15.5 Å². The summed E-state index contributed by atoms with van der Waals surface area (Å²) < 4.78 is 32.6. The van der Waals surface area contributed by atoms with Crippen molar-refractivity contribution in [2.45, 2.75) is 17.1 Å². The molecule has 0 fully saturated rings. The topological polar surface area (TPSA) is 55.4 Å². The number of alkyl halides is 1. The van der Waals surface area contributed by atoms with Crippen molar-refractivity contribution in [3.05, 3.63) is 53.6 Å². The summed E-state index contributed by atoms with van der Waals surface area (Å²) >= 11 is 3.33. The Labute approximate surface area is 133 Å². The molecule has 0 aliphatic carbocycles. The molecule has 0 aliphatic heterocycles.